The molecule has 3 nitrogen and oxygen atoms in total. The standard InChI is InChI=1S/C13H15NO2S/c1-10(2)9-13(14-4)17(15,16)12-7-5-11(3)6-8-12/h5-8,13H,1,9H2,2-3H3. The van der Waals surface area contributed by atoms with Crippen molar-refractivity contribution >= 4 is 9.84 Å². The molecule has 0 spiro atoms. The smallest absolute Gasteiger partial charge is 0.296 e. The summed E-state index contributed by atoms with van der Waals surface area (Å²) in [6.45, 7) is 14.3. The van der Waals surface area contributed by atoms with Gasteiger partial charge in [-0.3, -0.25) is 4.85 Å². The molecule has 0 aliphatic carbocycles. The van der Waals surface area contributed by atoms with Crippen molar-refractivity contribution in [2.24, 2.45) is 0 Å². The number of benzene rings is 1. The van der Waals surface area contributed by atoms with Gasteiger partial charge in [0.25, 0.3) is 9.84 Å². The first-order valence-corrected chi connectivity index (χ1v) is 6.74. The van der Waals surface area contributed by atoms with Crippen LogP contribution in [0, 0.1) is 13.5 Å². The van der Waals surface area contributed by atoms with Gasteiger partial charge in [-0.2, -0.15) is 0 Å². The minimum atomic E-state index is -3.58. The van der Waals surface area contributed by atoms with Gasteiger partial charge in [0.15, 0.2) is 0 Å². The molecule has 90 valence electrons. The molecule has 0 radical (unpaired) electrons. The molecule has 0 bridgehead atoms. The highest BCUT2D eigenvalue weighted by molar-refractivity contribution is 7.92. The second-order valence-electron chi connectivity index (χ2n) is 4.10. The molecule has 0 aliphatic heterocycles. The molecule has 0 saturated carbocycles. The molecule has 4 heteroatoms. The van der Waals surface area contributed by atoms with Gasteiger partial charge in [-0.05, 0) is 26.0 Å². The fourth-order valence-electron chi connectivity index (χ4n) is 1.41. The van der Waals surface area contributed by atoms with E-state index in [-0.39, 0.29) is 11.3 Å². The Hall–Kier alpha value is -1.60. The van der Waals surface area contributed by atoms with Crippen LogP contribution in [0.5, 0.6) is 0 Å². The Kier molecular flexibility index (Phi) is 4.08. The average molecular weight is 249 g/mol. The van der Waals surface area contributed by atoms with E-state index in [1.807, 2.05) is 6.92 Å². The van der Waals surface area contributed by atoms with Gasteiger partial charge < -0.3 is 0 Å². The van der Waals surface area contributed by atoms with Crippen molar-refractivity contribution in [3.63, 3.8) is 0 Å². The number of rotatable bonds is 4. The molecule has 1 unspecified atom stereocenters. The quantitative estimate of drug-likeness (QED) is 0.608. The minimum Gasteiger partial charge on any atom is -0.296 e. The van der Waals surface area contributed by atoms with Gasteiger partial charge in [-0.1, -0.05) is 29.8 Å². The SMILES string of the molecule is [C-]#[N+]C(CC(=C)C)S(=O)(=O)c1ccc(C)cc1. The van der Waals surface area contributed by atoms with Crippen LogP contribution in [0.4, 0.5) is 0 Å². The summed E-state index contributed by atoms with van der Waals surface area (Å²) in [5.74, 6) is 0. The molecule has 0 aliphatic rings. The first-order chi connectivity index (χ1) is 7.87. The molecule has 1 rings (SSSR count). The van der Waals surface area contributed by atoms with Crippen LogP contribution >= 0.6 is 0 Å². The van der Waals surface area contributed by atoms with Crippen LogP contribution in [0.15, 0.2) is 41.3 Å². The summed E-state index contributed by atoms with van der Waals surface area (Å²) < 4.78 is 24.3. The van der Waals surface area contributed by atoms with Crippen molar-refractivity contribution in [3.05, 3.63) is 53.4 Å². The van der Waals surface area contributed by atoms with Crippen LogP contribution in [0.25, 0.3) is 4.85 Å². The molecular formula is C13H15NO2S. The topological polar surface area (TPSA) is 38.5 Å². The summed E-state index contributed by atoms with van der Waals surface area (Å²) in [5, 5.41) is -1.07. The summed E-state index contributed by atoms with van der Waals surface area (Å²) >= 11 is 0. The van der Waals surface area contributed by atoms with E-state index >= 15 is 0 Å². The van der Waals surface area contributed by atoms with Crippen molar-refractivity contribution in [3.8, 4) is 0 Å². The van der Waals surface area contributed by atoms with Crippen LogP contribution in [0.2, 0.25) is 0 Å². The second-order valence-corrected chi connectivity index (χ2v) is 6.21. The molecule has 1 aromatic carbocycles. The lowest BCUT2D eigenvalue weighted by Crippen LogP contribution is -2.18. The van der Waals surface area contributed by atoms with Crippen molar-refractivity contribution in [1.82, 2.24) is 0 Å². The van der Waals surface area contributed by atoms with E-state index in [0.29, 0.717) is 5.57 Å². The normalized spacial score (nSPS) is 12.8. The zero-order chi connectivity index (χ0) is 13.1. The lowest BCUT2D eigenvalue weighted by atomic mass is 10.2. The molecule has 0 saturated heterocycles. The number of nitrogens with zero attached hydrogens (tertiary/aromatic N) is 1. The molecule has 0 N–H and O–H groups in total. The third-order valence-corrected chi connectivity index (χ3v) is 4.29. The fourth-order valence-corrected chi connectivity index (χ4v) is 2.88. The Morgan fingerprint density at radius 3 is 2.35 bits per heavy atom. The molecule has 17 heavy (non-hydrogen) atoms. The molecular weight excluding hydrogens is 234 g/mol. The van der Waals surface area contributed by atoms with E-state index in [9.17, 15) is 8.42 Å². The first kappa shape index (κ1) is 13.5. The minimum absolute atomic E-state index is 0.180. The van der Waals surface area contributed by atoms with Crippen molar-refractivity contribution < 1.29 is 8.42 Å². The number of aryl methyl sites for hydroxylation is 1. The van der Waals surface area contributed by atoms with Crippen LogP contribution in [0.3, 0.4) is 0 Å². The van der Waals surface area contributed by atoms with Crippen molar-refractivity contribution in [2.45, 2.75) is 30.5 Å². The summed E-state index contributed by atoms with van der Waals surface area (Å²) in [5.41, 5.74) is 1.69. The zero-order valence-corrected chi connectivity index (χ0v) is 10.8. The summed E-state index contributed by atoms with van der Waals surface area (Å²) in [4.78, 5) is 3.40. The third-order valence-electron chi connectivity index (χ3n) is 2.37. The largest absolute Gasteiger partial charge is 0.328 e. The maximum atomic E-state index is 12.2. The van der Waals surface area contributed by atoms with E-state index in [0.717, 1.165) is 5.56 Å². The van der Waals surface area contributed by atoms with Crippen LogP contribution < -0.4 is 0 Å². The predicted octanol–water partition coefficient (Wildman–Crippen LogP) is 2.98. The van der Waals surface area contributed by atoms with Gasteiger partial charge in [-0.25, -0.2) is 15.0 Å². The summed E-state index contributed by atoms with van der Waals surface area (Å²) in [6.07, 6.45) is 0.180. The Morgan fingerprint density at radius 1 is 1.41 bits per heavy atom. The van der Waals surface area contributed by atoms with Crippen molar-refractivity contribution in [1.29, 1.82) is 0 Å². The number of sulfone groups is 1. The van der Waals surface area contributed by atoms with Gasteiger partial charge in [0.2, 0.25) is 0 Å². The van der Waals surface area contributed by atoms with Crippen LogP contribution in [0.1, 0.15) is 18.9 Å². The Morgan fingerprint density at radius 2 is 1.94 bits per heavy atom. The van der Waals surface area contributed by atoms with E-state index in [1.165, 1.54) is 0 Å². The number of hydrogen-bond acceptors (Lipinski definition) is 2. The predicted molar refractivity (Wildman–Crippen MR) is 68.2 cm³/mol. The monoisotopic (exact) mass is 249 g/mol. The Balaban J connectivity index is 3.14. The van der Waals surface area contributed by atoms with E-state index in [4.69, 9.17) is 6.57 Å². The lowest BCUT2D eigenvalue weighted by Gasteiger charge is -2.07. The zero-order valence-electron chi connectivity index (χ0n) is 9.97. The third kappa shape index (κ3) is 3.18. The maximum Gasteiger partial charge on any atom is 0.328 e. The number of hydrogen-bond donors (Lipinski definition) is 0. The second kappa shape index (κ2) is 5.15. The van der Waals surface area contributed by atoms with Gasteiger partial charge in [0, 0.05) is 0 Å². The first-order valence-electron chi connectivity index (χ1n) is 5.19. The van der Waals surface area contributed by atoms with Crippen molar-refractivity contribution in [2.75, 3.05) is 0 Å². The van der Waals surface area contributed by atoms with E-state index in [1.54, 1.807) is 31.2 Å². The van der Waals surface area contributed by atoms with E-state index < -0.39 is 15.2 Å². The lowest BCUT2D eigenvalue weighted by molar-refractivity contribution is 0.587. The Bertz CT molecular complexity index is 550. The molecule has 0 aromatic heterocycles. The van der Waals surface area contributed by atoms with Gasteiger partial charge >= 0.3 is 5.37 Å². The van der Waals surface area contributed by atoms with Crippen LogP contribution in [-0.2, 0) is 9.84 Å². The Labute approximate surface area is 103 Å². The van der Waals surface area contributed by atoms with Gasteiger partial charge in [0.05, 0.1) is 11.3 Å². The van der Waals surface area contributed by atoms with E-state index in [2.05, 4.69) is 11.4 Å². The molecule has 1 aromatic rings. The molecule has 0 heterocycles. The molecule has 0 amide bonds. The summed E-state index contributed by atoms with van der Waals surface area (Å²) in [7, 11) is -3.58. The highest BCUT2D eigenvalue weighted by Gasteiger charge is 2.32. The fraction of sp³-hybridized carbons (Fsp3) is 0.308. The van der Waals surface area contributed by atoms with Gasteiger partial charge in [-0.15, -0.1) is 0 Å². The molecule has 1 atom stereocenters. The summed E-state index contributed by atoms with van der Waals surface area (Å²) in [6, 6.07) is 6.55. The highest BCUT2D eigenvalue weighted by atomic mass is 32.2. The molecule has 0 fully saturated rings. The highest BCUT2D eigenvalue weighted by Crippen LogP contribution is 2.22. The van der Waals surface area contributed by atoms with Gasteiger partial charge in [0.1, 0.15) is 0 Å². The van der Waals surface area contributed by atoms with Crippen LogP contribution in [-0.4, -0.2) is 13.8 Å². The maximum absolute atomic E-state index is 12.2. The average Bonchev–Trinajstić information content (AvgIpc) is 2.26.